The zero-order chi connectivity index (χ0) is 22.4. The average Bonchev–Trinajstić information content (AvgIpc) is 3.47. The van der Waals surface area contributed by atoms with Crippen LogP contribution in [-0.2, 0) is 0 Å². The second-order valence-corrected chi connectivity index (χ2v) is 7.65. The lowest BCUT2D eigenvalue weighted by Crippen LogP contribution is -1.87. The number of hydrogen-bond donors (Lipinski definition) is 2. The number of aromatic amines is 2. The van der Waals surface area contributed by atoms with Gasteiger partial charge >= 0.3 is 0 Å². The quantitative estimate of drug-likeness (QED) is 0.387. The van der Waals surface area contributed by atoms with E-state index in [4.69, 9.17) is 4.74 Å². The Labute approximate surface area is 187 Å². The van der Waals surface area contributed by atoms with E-state index >= 15 is 0 Å². The average molecular weight is 436 g/mol. The molecule has 0 amide bonds. The second-order valence-electron chi connectivity index (χ2n) is 7.65. The fourth-order valence-electron chi connectivity index (χ4n) is 4.09. The number of halogens is 1. The third-order valence-corrected chi connectivity index (χ3v) is 5.65. The lowest BCUT2D eigenvalue weighted by molar-refractivity contribution is 0.411. The van der Waals surface area contributed by atoms with Gasteiger partial charge in [-0.05, 0) is 41.5 Å². The maximum atomic E-state index is 14.2. The largest absolute Gasteiger partial charge is 0.497 e. The summed E-state index contributed by atoms with van der Waals surface area (Å²) in [5, 5.41) is 9.30. The van der Waals surface area contributed by atoms with E-state index in [1.165, 1.54) is 25.6 Å². The Morgan fingerprint density at radius 3 is 2.61 bits per heavy atom. The van der Waals surface area contributed by atoms with E-state index in [2.05, 4.69) is 30.1 Å². The Hall–Kier alpha value is -4.59. The van der Waals surface area contributed by atoms with Crippen molar-refractivity contribution in [2.24, 2.45) is 0 Å². The van der Waals surface area contributed by atoms with Crippen LogP contribution in [-0.4, -0.2) is 37.2 Å². The zero-order valence-electron chi connectivity index (χ0n) is 17.5. The molecule has 0 saturated carbocycles. The maximum Gasteiger partial charge on any atom is 0.181 e. The second kappa shape index (κ2) is 7.52. The molecule has 0 aliphatic rings. The van der Waals surface area contributed by atoms with E-state index < -0.39 is 0 Å². The SMILES string of the molecule is COc1cc(F)cc(-c2cccc3[nH]c(-c4[nH]nc5ncc(-c6cncnc6)cc45)cc23)c1. The molecule has 0 aliphatic carbocycles. The molecule has 0 fully saturated rings. The van der Waals surface area contributed by atoms with Crippen molar-refractivity contribution in [3.05, 3.63) is 79.3 Å². The molecule has 0 spiro atoms. The van der Waals surface area contributed by atoms with Gasteiger partial charge in [0.2, 0.25) is 0 Å². The van der Waals surface area contributed by atoms with Crippen molar-refractivity contribution < 1.29 is 9.13 Å². The molecule has 7 nitrogen and oxygen atoms in total. The van der Waals surface area contributed by atoms with Gasteiger partial charge in [-0.15, -0.1) is 0 Å². The molecular formula is C25H17FN6O. The monoisotopic (exact) mass is 436 g/mol. The molecule has 160 valence electrons. The Balaban J connectivity index is 1.50. The normalized spacial score (nSPS) is 11.3. The van der Waals surface area contributed by atoms with E-state index in [1.807, 2.05) is 36.4 Å². The van der Waals surface area contributed by atoms with Gasteiger partial charge in [-0.3, -0.25) is 5.10 Å². The van der Waals surface area contributed by atoms with Crippen molar-refractivity contribution >= 4 is 21.9 Å². The molecule has 4 heterocycles. The number of pyridine rings is 1. The fraction of sp³-hybridized carbons (Fsp3) is 0.0400. The molecule has 0 atom stereocenters. The van der Waals surface area contributed by atoms with Gasteiger partial charge in [0.05, 0.1) is 18.5 Å². The highest BCUT2D eigenvalue weighted by atomic mass is 19.1. The van der Waals surface area contributed by atoms with Crippen LogP contribution >= 0.6 is 0 Å². The standard InChI is InChI=1S/C25H17FN6O/c1-33-18-6-14(5-17(26)8-18)19-3-2-4-22-20(19)9-23(30-22)24-21-7-15(12-29-25(21)32-31-24)16-10-27-13-28-11-16/h2-13,30H,1H3,(H,29,31,32). The van der Waals surface area contributed by atoms with Gasteiger partial charge in [-0.2, -0.15) is 5.10 Å². The Morgan fingerprint density at radius 1 is 0.879 bits per heavy atom. The number of ether oxygens (including phenoxy) is 1. The molecule has 0 saturated heterocycles. The summed E-state index contributed by atoms with van der Waals surface area (Å²) in [6.07, 6.45) is 6.75. The number of fused-ring (bicyclic) bond motifs is 2. The van der Waals surface area contributed by atoms with Crippen LogP contribution in [0, 0.1) is 5.82 Å². The van der Waals surface area contributed by atoms with E-state index in [9.17, 15) is 4.39 Å². The van der Waals surface area contributed by atoms with Crippen molar-refractivity contribution in [2.45, 2.75) is 0 Å². The molecule has 2 N–H and O–H groups in total. The van der Waals surface area contributed by atoms with E-state index in [0.29, 0.717) is 11.4 Å². The first-order valence-electron chi connectivity index (χ1n) is 10.3. The molecule has 33 heavy (non-hydrogen) atoms. The van der Waals surface area contributed by atoms with Crippen molar-refractivity contribution in [2.75, 3.05) is 7.11 Å². The fourth-order valence-corrected chi connectivity index (χ4v) is 4.09. The smallest absolute Gasteiger partial charge is 0.181 e. The van der Waals surface area contributed by atoms with Gasteiger partial charge < -0.3 is 9.72 Å². The lowest BCUT2D eigenvalue weighted by Gasteiger charge is -2.07. The molecule has 6 rings (SSSR count). The van der Waals surface area contributed by atoms with Gasteiger partial charge in [0.25, 0.3) is 0 Å². The van der Waals surface area contributed by atoms with Crippen LogP contribution in [0.4, 0.5) is 4.39 Å². The summed E-state index contributed by atoms with van der Waals surface area (Å²) in [7, 11) is 1.53. The molecule has 2 aromatic carbocycles. The summed E-state index contributed by atoms with van der Waals surface area (Å²) < 4.78 is 19.4. The summed E-state index contributed by atoms with van der Waals surface area (Å²) in [5.41, 5.74) is 6.62. The third-order valence-electron chi connectivity index (χ3n) is 5.65. The number of H-pyrrole nitrogens is 2. The number of hydrogen-bond acceptors (Lipinski definition) is 5. The van der Waals surface area contributed by atoms with Crippen molar-refractivity contribution in [1.29, 1.82) is 0 Å². The van der Waals surface area contributed by atoms with Crippen molar-refractivity contribution in [3.63, 3.8) is 0 Å². The summed E-state index contributed by atoms with van der Waals surface area (Å²) in [6.45, 7) is 0. The van der Waals surface area contributed by atoms with E-state index in [0.717, 1.165) is 49.9 Å². The number of nitrogens with one attached hydrogen (secondary N) is 2. The first kappa shape index (κ1) is 19.1. The molecule has 6 aromatic rings. The van der Waals surface area contributed by atoms with Crippen LogP contribution in [0.25, 0.3) is 55.6 Å². The van der Waals surface area contributed by atoms with Gasteiger partial charge in [0.1, 0.15) is 17.9 Å². The summed E-state index contributed by atoms with van der Waals surface area (Å²) in [4.78, 5) is 16.1. The van der Waals surface area contributed by atoms with Crippen LogP contribution in [0.2, 0.25) is 0 Å². The predicted octanol–water partition coefficient (Wildman–Crippen LogP) is 5.38. The number of aromatic nitrogens is 6. The zero-order valence-corrected chi connectivity index (χ0v) is 17.5. The lowest BCUT2D eigenvalue weighted by atomic mass is 10.0. The van der Waals surface area contributed by atoms with Crippen molar-refractivity contribution in [1.82, 2.24) is 30.1 Å². The summed E-state index contributed by atoms with van der Waals surface area (Å²) >= 11 is 0. The Kier molecular flexibility index (Phi) is 4.36. The first-order valence-corrected chi connectivity index (χ1v) is 10.3. The van der Waals surface area contributed by atoms with Gasteiger partial charge in [0, 0.05) is 52.1 Å². The third kappa shape index (κ3) is 3.28. The highest BCUT2D eigenvalue weighted by Gasteiger charge is 2.15. The molecule has 0 unspecified atom stereocenters. The number of rotatable bonds is 4. The number of nitrogens with zero attached hydrogens (tertiary/aromatic N) is 4. The molecule has 0 radical (unpaired) electrons. The molecule has 0 aliphatic heterocycles. The van der Waals surface area contributed by atoms with Crippen LogP contribution in [0.5, 0.6) is 5.75 Å². The van der Waals surface area contributed by atoms with E-state index in [1.54, 1.807) is 18.6 Å². The van der Waals surface area contributed by atoms with Crippen molar-refractivity contribution in [3.8, 4) is 39.4 Å². The van der Waals surface area contributed by atoms with Crippen LogP contribution in [0.1, 0.15) is 0 Å². The minimum Gasteiger partial charge on any atom is -0.497 e. The summed E-state index contributed by atoms with van der Waals surface area (Å²) in [6, 6.07) is 14.6. The minimum atomic E-state index is -0.347. The molecule has 8 heteroatoms. The highest BCUT2D eigenvalue weighted by molar-refractivity contribution is 6.01. The van der Waals surface area contributed by atoms with Gasteiger partial charge in [-0.25, -0.2) is 19.3 Å². The Bertz CT molecular complexity index is 1620. The topological polar surface area (TPSA) is 92.4 Å². The molecule has 0 bridgehead atoms. The first-order chi connectivity index (χ1) is 16.2. The number of methoxy groups -OCH3 is 1. The van der Waals surface area contributed by atoms with E-state index in [-0.39, 0.29) is 5.82 Å². The predicted molar refractivity (Wildman–Crippen MR) is 124 cm³/mol. The maximum absolute atomic E-state index is 14.2. The minimum absolute atomic E-state index is 0.347. The van der Waals surface area contributed by atoms with Gasteiger partial charge in [-0.1, -0.05) is 12.1 Å². The van der Waals surface area contributed by atoms with Crippen LogP contribution < -0.4 is 4.74 Å². The highest BCUT2D eigenvalue weighted by Crippen LogP contribution is 2.36. The van der Waals surface area contributed by atoms with Gasteiger partial charge in [0.15, 0.2) is 5.65 Å². The van der Waals surface area contributed by atoms with Crippen LogP contribution in [0.15, 0.2) is 73.4 Å². The number of benzene rings is 2. The van der Waals surface area contributed by atoms with Crippen LogP contribution in [0.3, 0.4) is 0 Å². The molecule has 4 aromatic heterocycles. The Morgan fingerprint density at radius 2 is 1.76 bits per heavy atom. The molecular weight excluding hydrogens is 419 g/mol. The summed E-state index contributed by atoms with van der Waals surface area (Å²) in [5.74, 6) is 0.126.